The number of nitrogens with one attached hydrogen (secondary N) is 2. The first kappa shape index (κ1) is 16.0. The van der Waals surface area contributed by atoms with Gasteiger partial charge in [0.05, 0.1) is 6.54 Å². The molecule has 4 heteroatoms. The lowest BCUT2D eigenvalue weighted by Gasteiger charge is -2.32. The molecule has 1 aromatic rings. The van der Waals surface area contributed by atoms with Crippen LogP contribution in [0.5, 0.6) is 0 Å². The number of carbonyl (C=O) groups excluding carboxylic acids is 1. The molecule has 1 unspecified atom stereocenters. The molecule has 0 spiro atoms. The monoisotopic (exact) mass is 289 g/mol. The number of hydrogen-bond donors (Lipinski definition) is 2. The van der Waals surface area contributed by atoms with Crippen molar-refractivity contribution in [2.75, 3.05) is 31.5 Å². The van der Waals surface area contributed by atoms with Crippen molar-refractivity contribution >= 4 is 11.6 Å². The minimum Gasteiger partial charge on any atom is -0.325 e. The third-order valence-corrected chi connectivity index (χ3v) is 4.03. The van der Waals surface area contributed by atoms with Gasteiger partial charge in [-0.05, 0) is 57.8 Å². The molecule has 21 heavy (non-hydrogen) atoms. The van der Waals surface area contributed by atoms with E-state index in [1.807, 2.05) is 30.3 Å². The van der Waals surface area contributed by atoms with Gasteiger partial charge in [-0.1, -0.05) is 18.2 Å². The molecule has 0 radical (unpaired) electrons. The Labute approximate surface area is 127 Å². The smallest absolute Gasteiger partial charge is 0.238 e. The molecular formula is C17H27N3O. The lowest BCUT2D eigenvalue weighted by molar-refractivity contribution is -0.117. The molecule has 1 atom stereocenters. The Morgan fingerprint density at radius 3 is 2.76 bits per heavy atom. The lowest BCUT2D eigenvalue weighted by Crippen LogP contribution is -2.44. The van der Waals surface area contributed by atoms with Crippen LogP contribution in [0.15, 0.2) is 30.3 Å². The molecule has 0 bridgehead atoms. The number of rotatable bonds is 6. The quantitative estimate of drug-likeness (QED) is 0.845. The van der Waals surface area contributed by atoms with Crippen molar-refractivity contribution in [3.63, 3.8) is 0 Å². The molecule has 1 saturated heterocycles. The SMILES string of the molecule is CC(C)N(CC(=O)Nc1ccccc1)CC1CCCNC1. The summed E-state index contributed by atoms with van der Waals surface area (Å²) < 4.78 is 0. The van der Waals surface area contributed by atoms with Crippen LogP contribution in [0.25, 0.3) is 0 Å². The number of carbonyl (C=O) groups is 1. The highest BCUT2D eigenvalue weighted by Gasteiger charge is 2.20. The molecule has 0 aromatic heterocycles. The Hall–Kier alpha value is -1.39. The summed E-state index contributed by atoms with van der Waals surface area (Å²) in [5.74, 6) is 0.726. The highest BCUT2D eigenvalue weighted by atomic mass is 16.2. The topological polar surface area (TPSA) is 44.4 Å². The third-order valence-electron chi connectivity index (χ3n) is 4.03. The fourth-order valence-corrected chi connectivity index (χ4v) is 2.78. The van der Waals surface area contributed by atoms with E-state index in [-0.39, 0.29) is 5.91 Å². The Balaban J connectivity index is 1.85. The third kappa shape index (κ3) is 5.48. The summed E-state index contributed by atoms with van der Waals surface area (Å²) in [5, 5.41) is 6.41. The zero-order valence-electron chi connectivity index (χ0n) is 13.1. The summed E-state index contributed by atoms with van der Waals surface area (Å²) in [6.45, 7) is 7.98. The van der Waals surface area contributed by atoms with E-state index in [1.54, 1.807) is 0 Å². The van der Waals surface area contributed by atoms with Crippen LogP contribution in [-0.4, -0.2) is 43.0 Å². The average Bonchev–Trinajstić information content (AvgIpc) is 2.48. The van der Waals surface area contributed by atoms with Gasteiger partial charge in [-0.2, -0.15) is 0 Å². The Morgan fingerprint density at radius 2 is 2.14 bits per heavy atom. The molecule has 2 N–H and O–H groups in total. The second kappa shape index (κ2) is 8.15. The van der Waals surface area contributed by atoms with E-state index in [1.165, 1.54) is 12.8 Å². The second-order valence-electron chi connectivity index (χ2n) is 6.15. The zero-order valence-corrected chi connectivity index (χ0v) is 13.1. The summed E-state index contributed by atoms with van der Waals surface area (Å²) >= 11 is 0. The minimum absolute atomic E-state index is 0.0682. The number of para-hydroxylation sites is 1. The van der Waals surface area contributed by atoms with E-state index in [9.17, 15) is 4.79 Å². The number of piperidine rings is 1. The molecule has 1 fully saturated rings. The second-order valence-corrected chi connectivity index (χ2v) is 6.15. The molecule has 4 nitrogen and oxygen atoms in total. The normalized spacial score (nSPS) is 19.0. The molecule has 1 heterocycles. The Morgan fingerprint density at radius 1 is 1.38 bits per heavy atom. The van der Waals surface area contributed by atoms with E-state index in [0.29, 0.717) is 18.5 Å². The van der Waals surface area contributed by atoms with Gasteiger partial charge >= 0.3 is 0 Å². The summed E-state index contributed by atoms with van der Waals surface area (Å²) in [4.78, 5) is 14.5. The maximum atomic E-state index is 12.2. The van der Waals surface area contributed by atoms with E-state index >= 15 is 0 Å². The standard InChI is InChI=1S/C17H27N3O/c1-14(2)20(12-15-7-6-10-18-11-15)13-17(21)19-16-8-4-3-5-9-16/h3-5,8-9,14-15,18H,6-7,10-13H2,1-2H3,(H,19,21). The average molecular weight is 289 g/mol. The van der Waals surface area contributed by atoms with Gasteiger partial charge in [0.25, 0.3) is 0 Å². The van der Waals surface area contributed by atoms with Gasteiger partial charge in [-0.15, -0.1) is 0 Å². The lowest BCUT2D eigenvalue weighted by atomic mass is 9.98. The molecule has 1 aliphatic heterocycles. The fraction of sp³-hybridized carbons (Fsp3) is 0.588. The van der Waals surface area contributed by atoms with Crippen molar-refractivity contribution in [2.45, 2.75) is 32.7 Å². The Bertz CT molecular complexity index is 427. The first-order chi connectivity index (χ1) is 10.1. The number of amides is 1. The first-order valence-corrected chi connectivity index (χ1v) is 7.95. The van der Waals surface area contributed by atoms with E-state index in [4.69, 9.17) is 0 Å². The van der Waals surface area contributed by atoms with Crippen LogP contribution in [0.3, 0.4) is 0 Å². The number of benzene rings is 1. The molecule has 1 aromatic carbocycles. The largest absolute Gasteiger partial charge is 0.325 e. The predicted molar refractivity (Wildman–Crippen MR) is 87.4 cm³/mol. The predicted octanol–water partition coefficient (Wildman–Crippen LogP) is 2.34. The van der Waals surface area contributed by atoms with Crippen molar-refractivity contribution in [1.29, 1.82) is 0 Å². The number of hydrogen-bond acceptors (Lipinski definition) is 3. The van der Waals surface area contributed by atoms with Gasteiger partial charge < -0.3 is 10.6 Å². The van der Waals surface area contributed by atoms with Crippen LogP contribution < -0.4 is 10.6 Å². The maximum absolute atomic E-state index is 12.2. The fourth-order valence-electron chi connectivity index (χ4n) is 2.78. The van der Waals surface area contributed by atoms with E-state index in [2.05, 4.69) is 29.4 Å². The van der Waals surface area contributed by atoms with Crippen molar-refractivity contribution in [2.24, 2.45) is 5.92 Å². The summed E-state index contributed by atoms with van der Waals surface area (Å²) in [6, 6.07) is 10.0. The summed E-state index contributed by atoms with van der Waals surface area (Å²) in [6.07, 6.45) is 2.50. The van der Waals surface area contributed by atoms with Gasteiger partial charge in [0.2, 0.25) is 5.91 Å². The van der Waals surface area contributed by atoms with Gasteiger partial charge in [-0.3, -0.25) is 9.69 Å². The van der Waals surface area contributed by atoms with Crippen LogP contribution in [0.4, 0.5) is 5.69 Å². The molecule has 1 amide bonds. The molecule has 0 saturated carbocycles. The first-order valence-electron chi connectivity index (χ1n) is 7.95. The molecular weight excluding hydrogens is 262 g/mol. The van der Waals surface area contributed by atoms with Crippen molar-refractivity contribution in [1.82, 2.24) is 10.2 Å². The van der Waals surface area contributed by atoms with Crippen molar-refractivity contribution < 1.29 is 4.79 Å². The summed E-state index contributed by atoms with van der Waals surface area (Å²) in [5.41, 5.74) is 0.866. The molecule has 116 valence electrons. The van der Waals surface area contributed by atoms with Gasteiger partial charge in [0.15, 0.2) is 0 Å². The molecule has 2 rings (SSSR count). The molecule has 1 aliphatic rings. The summed E-state index contributed by atoms with van der Waals surface area (Å²) in [7, 11) is 0. The van der Waals surface area contributed by atoms with Crippen LogP contribution in [-0.2, 0) is 4.79 Å². The van der Waals surface area contributed by atoms with Crippen LogP contribution in [0.1, 0.15) is 26.7 Å². The van der Waals surface area contributed by atoms with Crippen LogP contribution in [0, 0.1) is 5.92 Å². The highest BCUT2D eigenvalue weighted by molar-refractivity contribution is 5.92. The van der Waals surface area contributed by atoms with Gasteiger partial charge in [-0.25, -0.2) is 0 Å². The van der Waals surface area contributed by atoms with Gasteiger partial charge in [0, 0.05) is 18.3 Å². The van der Waals surface area contributed by atoms with E-state index < -0.39 is 0 Å². The number of anilines is 1. The minimum atomic E-state index is 0.0682. The van der Waals surface area contributed by atoms with Crippen molar-refractivity contribution in [3.05, 3.63) is 30.3 Å². The Kier molecular flexibility index (Phi) is 6.21. The van der Waals surface area contributed by atoms with E-state index in [0.717, 1.165) is 25.3 Å². The van der Waals surface area contributed by atoms with Crippen LogP contribution in [0.2, 0.25) is 0 Å². The van der Waals surface area contributed by atoms with Gasteiger partial charge in [0.1, 0.15) is 0 Å². The zero-order chi connectivity index (χ0) is 15.1. The number of nitrogens with zero attached hydrogens (tertiary/aromatic N) is 1. The van der Waals surface area contributed by atoms with Crippen LogP contribution >= 0.6 is 0 Å². The maximum Gasteiger partial charge on any atom is 0.238 e. The van der Waals surface area contributed by atoms with Crippen molar-refractivity contribution in [3.8, 4) is 0 Å². The molecule has 0 aliphatic carbocycles. The highest BCUT2D eigenvalue weighted by Crippen LogP contribution is 2.14.